The largest absolute Gasteiger partial charge is 0.340 e. The Kier molecular flexibility index (Phi) is 3.19. The Balaban J connectivity index is 2.21. The van der Waals surface area contributed by atoms with E-state index in [1.165, 1.54) is 18.2 Å². The van der Waals surface area contributed by atoms with Gasteiger partial charge in [0.05, 0.1) is 18.1 Å². The van der Waals surface area contributed by atoms with Gasteiger partial charge in [0.2, 0.25) is 0 Å². The van der Waals surface area contributed by atoms with Gasteiger partial charge in [0.25, 0.3) is 0 Å². The number of halogens is 2. The lowest BCUT2D eigenvalue weighted by Crippen LogP contribution is -2.15. The Hall–Kier alpha value is -1.75. The maximum Gasteiger partial charge on any atom is 0.129 e. The highest BCUT2D eigenvalue weighted by Gasteiger charge is 2.15. The topological polar surface area (TPSA) is 43.8 Å². The summed E-state index contributed by atoms with van der Waals surface area (Å²) >= 11 is 0. The van der Waals surface area contributed by atoms with Crippen molar-refractivity contribution in [3.63, 3.8) is 0 Å². The highest BCUT2D eigenvalue weighted by molar-refractivity contribution is 5.22. The Morgan fingerprint density at radius 1 is 1.35 bits per heavy atom. The van der Waals surface area contributed by atoms with Gasteiger partial charge in [-0.25, -0.2) is 13.8 Å². The highest BCUT2D eigenvalue weighted by Crippen LogP contribution is 2.19. The fraction of sp³-hybridized carbons (Fsp3) is 0.250. The predicted molar refractivity (Wildman–Crippen MR) is 60.2 cm³/mol. The first-order valence-corrected chi connectivity index (χ1v) is 5.24. The van der Waals surface area contributed by atoms with Crippen LogP contribution in [-0.2, 0) is 13.5 Å². The number of rotatable bonds is 3. The first-order chi connectivity index (χ1) is 8.08. The van der Waals surface area contributed by atoms with Crippen molar-refractivity contribution in [2.24, 2.45) is 12.8 Å². The summed E-state index contributed by atoms with van der Waals surface area (Å²) in [6.07, 6.45) is 3.44. The lowest BCUT2D eigenvalue weighted by atomic mass is 10.0. The molecule has 2 N–H and O–H groups in total. The van der Waals surface area contributed by atoms with E-state index in [4.69, 9.17) is 5.73 Å². The minimum atomic E-state index is -0.573. The molecule has 2 rings (SSSR count). The molecule has 90 valence electrons. The van der Waals surface area contributed by atoms with E-state index in [-0.39, 0.29) is 12.0 Å². The van der Waals surface area contributed by atoms with Crippen LogP contribution in [0.3, 0.4) is 0 Å². The molecule has 17 heavy (non-hydrogen) atoms. The molecule has 1 heterocycles. The van der Waals surface area contributed by atoms with Crippen LogP contribution in [0.5, 0.6) is 0 Å². The summed E-state index contributed by atoms with van der Waals surface area (Å²) in [6, 6.07) is 3.27. The number of nitrogens with zero attached hydrogens (tertiary/aromatic N) is 2. The summed E-state index contributed by atoms with van der Waals surface area (Å²) in [5, 5.41) is 0. The zero-order valence-electron chi connectivity index (χ0n) is 9.40. The molecule has 0 radical (unpaired) electrons. The van der Waals surface area contributed by atoms with Crippen molar-refractivity contribution in [2.75, 3.05) is 0 Å². The van der Waals surface area contributed by atoms with E-state index in [0.29, 0.717) is 5.69 Å². The van der Waals surface area contributed by atoms with Gasteiger partial charge in [-0.2, -0.15) is 0 Å². The molecule has 0 amide bonds. The molecule has 0 aliphatic heterocycles. The molecule has 0 bridgehead atoms. The standard InChI is InChI=1S/C12H13F2N3/c1-17-6-12(16-7-17)11(15)5-8-9(13)3-2-4-10(8)14/h2-4,6-7,11H,5,15H2,1H3. The molecule has 0 saturated carbocycles. The number of hydrogen-bond donors (Lipinski definition) is 1. The second-order valence-corrected chi connectivity index (χ2v) is 3.97. The van der Waals surface area contributed by atoms with Gasteiger partial charge in [-0.05, 0) is 18.6 Å². The number of hydrogen-bond acceptors (Lipinski definition) is 2. The van der Waals surface area contributed by atoms with Crippen molar-refractivity contribution in [3.8, 4) is 0 Å². The highest BCUT2D eigenvalue weighted by atomic mass is 19.1. The molecule has 0 aliphatic rings. The third-order valence-electron chi connectivity index (χ3n) is 2.59. The molecule has 1 aromatic carbocycles. The van der Waals surface area contributed by atoms with Crippen LogP contribution < -0.4 is 5.73 Å². The van der Waals surface area contributed by atoms with Crippen molar-refractivity contribution in [2.45, 2.75) is 12.5 Å². The first kappa shape index (κ1) is 11.7. The SMILES string of the molecule is Cn1cnc(C(N)Cc2c(F)cccc2F)c1. The van der Waals surface area contributed by atoms with Gasteiger partial charge in [-0.1, -0.05) is 6.07 Å². The molecule has 5 heteroatoms. The molecule has 0 saturated heterocycles. The van der Waals surface area contributed by atoms with Crippen LogP contribution in [0.1, 0.15) is 17.3 Å². The van der Waals surface area contributed by atoms with Crippen LogP contribution >= 0.6 is 0 Å². The van der Waals surface area contributed by atoms with E-state index in [9.17, 15) is 8.78 Å². The Bertz CT molecular complexity index is 502. The van der Waals surface area contributed by atoms with E-state index in [1.54, 1.807) is 17.1 Å². The second-order valence-electron chi connectivity index (χ2n) is 3.97. The molecular weight excluding hydrogens is 224 g/mol. The molecule has 0 aliphatic carbocycles. The van der Waals surface area contributed by atoms with Gasteiger partial charge in [0, 0.05) is 18.8 Å². The van der Waals surface area contributed by atoms with Crippen molar-refractivity contribution in [1.82, 2.24) is 9.55 Å². The normalized spacial score (nSPS) is 12.7. The number of nitrogens with two attached hydrogens (primary N) is 1. The van der Waals surface area contributed by atoms with Gasteiger partial charge < -0.3 is 10.3 Å². The zero-order valence-corrected chi connectivity index (χ0v) is 9.40. The van der Waals surface area contributed by atoms with Crippen molar-refractivity contribution >= 4 is 0 Å². The van der Waals surface area contributed by atoms with Crippen LogP contribution in [0.25, 0.3) is 0 Å². The summed E-state index contributed by atoms with van der Waals surface area (Å²) < 4.78 is 28.6. The molecular formula is C12H13F2N3. The Labute approximate surface area is 97.9 Å². The van der Waals surface area contributed by atoms with Gasteiger partial charge in [0.15, 0.2) is 0 Å². The fourth-order valence-corrected chi connectivity index (χ4v) is 1.68. The average molecular weight is 237 g/mol. The lowest BCUT2D eigenvalue weighted by Gasteiger charge is -2.10. The minimum absolute atomic E-state index is 0.00523. The lowest BCUT2D eigenvalue weighted by molar-refractivity contribution is 0.537. The second kappa shape index (κ2) is 4.63. The van der Waals surface area contributed by atoms with Gasteiger partial charge in [-0.15, -0.1) is 0 Å². The van der Waals surface area contributed by atoms with E-state index >= 15 is 0 Å². The van der Waals surface area contributed by atoms with Crippen LogP contribution in [0.4, 0.5) is 8.78 Å². The zero-order chi connectivity index (χ0) is 12.4. The number of benzene rings is 1. The summed E-state index contributed by atoms with van der Waals surface area (Å²) in [7, 11) is 1.81. The number of aryl methyl sites for hydroxylation is 1. The predicted octanol–water partition coefficient (Wildman–Crippen LogP) is 1.94. The van der Waals surface area contributed by atoms with E-state index < -0.39 is 17.7 Å². The van der Waals surface area contributed by atoms with Crippen LogP contribution in [-0.4, -0.2) is 9.55 Å². The van der Waals surface area contributed by atoms with Crippen LogP contribution in [0, 0.1) is 11.6 Å². The Morgan fingerprint density at radius 3 is 2.53 bits per heavy atom. The minimum Gasteiger partial charge on any atom is -0.340 e. The van der Waals surface area contributed by atoms with E-state index in [1.807, 2.05) is 7.05 Å². The molecule has 2 aromatic rings. The Morgan fingerprint density at radius 2 is 2.00 bits per heavy atom. The molecule has 0 fully saturated rings. The first-order valence-electron chi connectivity index (χ1n) is 5.24. The summed E-state index contributed by atoms with van der Waals surface area (Å²) in [5.74, 6) is -1.15. The van der Waals surface area contributed by atoms with Crippen LogP contribution in [0.15, 0.2) is 30.7 Å². The molecule has 3 nitrogen and oxygen atoms in total. The number of imidazole rings is 1. The van der Waals surface area contributed by atoms with Gasteiger partial charge in [-0.3, -0.25) is 0 Å². The van der Waals surface area contributed by atoms with Gasteiger partial charge >= 0.3 is 0 Å². The smallest absolute Gasteiger partial charge is 0.129 e. The van der Waals surface area contributed by atoms with E-state index in [0.717, 1.165) is 0 Å². The van der Waals surface area contributed by atoms with Crippen molar-refractivity contribution in [1.29, 1.82) is 0 Å². The van der Waals surface area contributed by atoms with Crippen molar-refractivity contribution < 1.29 is 8.78 Å². The fourth-order valence-electron chi connectivity index (χ4n) is 1.68. The van der Waals surface area contributed by atoms with Crippen LogP contribution in [0.2, 0.25) is 0 Å². The molecule has 1 unspecified atom stereocenters. The summed E-state index contributed by atoms with van der Waals surface area (Å²) in [4.78, 5) is 4.06. The maximum absolute atomic E-state index is 13.4. The average Bonchev–Trinajstić information content (AvgIpc) is 2.70. The van der Waals surface area contributed by atoms with E-state index in [2.05, 4.69) is 4.98 Å². The molecule has 0 spiro atoms. The quantitative estimate of drug-likeness (QED) is 0.886. The summed E-state index contributed by atoms with van der Waals surface area (Å²) in [5.41, 5.74) is 6.49. The number of aromatic nitrogens is 2. The summed E-state index contributed by atoms with van der Waals surface area (Å²) in [6.45, 7) is 0. The monoisotopic (exact) mass is 237 g/mol. The maximum atomic E-state index is 13.4. The van der Waals surface area contributed by atoms with Gasteiger partial charge in [0.1, 0.15) is 11.6 Å². The molecule has 1 aromatic heterocycles. The third kappa shape index (κ3) is 2.50. The van der Waals surface area contributed by atoms with Crippen molar-refractivity contribution in [3.05, 3.63) is 53.6 Å². The molecule has 1 atom stereocenters. The third-order valence-corrected chi connectivity index (χ3v) is 2.59.